The first-order valence-corrected chi connectivity index (χ1v) is 12.5. The first-order valence-electron chi connectivity index (χ1n) is 11.8. The molecule has 0 unspecified atom stereocenters. The number of carbonyl (C=O) groups excluding carboxylic acids is 1. The summed E-state index contributed by atoms with van der Waals surface area (Å²) in [6.07, 6.45) is 7.23. The highest BCUT2D eigenvalue weighted by atomic mass is 79.9. The van der Waals surface area contributed by atoms with Gasteiger partial charge in [-0.2, -0.15) is 0 Å². The SMILES string of the molecule is O=C1[C@H](c2ccc(Br)cc2)c2ccc(OCCCN3CCCCC3)cc2[C@H]2CCCN12. The Bertz CT molecular complexity index is 924. The summed E-state index contributed by atoms with van der Waals surface area (Å²) < 4.78 is 7.19. The molecule has 0 saturated carbocycles. The molecule has 1 amide bonds. The number of benzene rings is 2. The summed E-state index contributed by atoms with van der Waals surface area (Å²) in [6.45, 7) is 5.21. The Morgan fingerprint density at radius 3 is 2.55 bits per heavy atom. The Morgan fingerprint density at radius 2 is 1.74 bits per heavy atom. The molecule has 31 heavy (non-hydrogen) atoms. The molecular formula is C26H31BrN2O2. The lowest BCUT2D eigenvalue weighted by molar-refractivity contribution is -0.133. The van der Waals surface area contributed by atoms with Gasteiger partial charge in [0.2, 0.25) is 5.91 Å². The van der Waals surface area contributed by atoms with Crippen LogP contribution in [0.25, 0.3) is 0 Å². The van der Waals surface area contributed by atoms with E-state index < -0.39 is 0 Å². The molecule has 0 aromatic heterocycles. The number of nitrogens with zero attached hydrogens (tertiary/aromatic N) is 2. The molecule has 2 saturated heterocycles. The Morgan fingerprint density at radius 1 is 0.935 bits per heavy atom. The fourth-order valence-corrected chi connectivity index (χ4v) is 5.75. The van der Waals surface area contributed by atoms with Crippen LogP contribution >= 0.6 is 15.9 Å². The van der Waals surface area contributed by atoms with Crippen molar-refractivity contribution in [1.29, 1.82) is 0 Å². The fourth-order valence-electron chi connectivity index (χ4n) is 5.49. The molecule has 0 N–H and O–H groups in total. The molecule has 2 aromatic carbocycles. The zero-order valence-electron chi connectivity index (χ0n) is 18.1. The maximum Gasteiger partial charge on any atom is 0.235 e. The van der Waals surface area contributed by atoms with Crippen molar-refractivity contribution in [1.82, 2.24) is 9.80 Å². The second kappa shape index (κ2) is 9.33. The van der Waals surface area contributed by atoms with Crippen molar-refractivity contribution in [3.8, 4) is 5.75 Å². The molecule has 0 spiro atoms. The van der Waals surface area contributed by atoms with Crippen molar-refractivity contribution in [2.75, 3.05) is 32.8 Å². The molecule has 5 rings (SSSR count). The van der Waals surface area contributed by atoms with Crippen molar-refractivity contribution >= 4 is 21.8 Å². The normalized spacial score (nSPS) is 23.5. The van der Waals surface area contributed by atoms with Gasteiger partial charge >= 0.3 is 0 Å². The van der Waals surface area contributed by atoms with Gasteiger partial charge in [0, 0.05) is 17.6 Å². The third-order valence-electron chi connectivity index (χ3n) is 7.05. The Balaban J connectivity index is 1.33. The van der Waals surface area contributed by atoms with E-state index in [-0.39, 0.29) is 17.9 Å². The number of carbonyl (C=O) groups is 1. The van der Waals surface area contributed by atoms with E-state index in [0.717, 1.165) is 60.3 Å². The molecule has 0 radical (unpaired) electrons. The van der Waals surface area contributed by atoms with E-state index in [1.165, 1.54) is 37.9 Å². The van der Waals surface area contributed by atoms with Crippen LogP contribution in [0.5, 0.6) is 5.75 Å². The average Bonchev–Trinajstić information content (AvgIpc) is 3.30. The van der Waals surface area contributed by atoms with Gasteiger partial charge in [-0.05, 0) is 86.1 Å². The summed E-state index contributed by atoms with van der Waals surface area (Å²) in [5, 5.41) is 0. The minimum Gasteiger partial charge on any atom is -0.494 e. The highest BCUT2D eigenvalue weighted by molar-refractivity contribution is 9.10. The van der Waals surface area contributed by atoms with Crippen LogP contribution in [-0.4, -0.2) is 48.5 Å². The average molecular weight is 483 g/mol. The molecule has 3 aliphatic heterocycles. The molecule has 3 aliphatic rings. The summed E-state index contributed by atoms with van der Waals surface area (Å²) >= 11 is 3.51. The van der Waals surface area contributed by atoms with Crippen molar-refractivity contribution in [2.24, 2.45) is 0 Å². The van der Waals surface area contributed by atoms with Crippen LogP contribution in [0.3, 0.4) is 0 Å². The third kappa shape index (κ3) is 4.40. The Hall–Kier alpha value is -1.85. The predicted molar refractivity (Wildman–Crippen MR) is 127 cm³/mol. The minimum absolute atomic E-state index is 0.200. The zero-order valence-corrected chi connectivity index (χ0v) is 19.6. The Kier molecular flexibility index (Phi) is 6.33. The molecule has 2 atom stereocenters. The van der Waals surface area contributed by atoms with Crippen molar-refractivity contribution < 1.29 is 9.53 Å². The van der Waals surface area contributed by atoms with Crippen LogP contribution in [-0.2, 0) is 4.79 Å². The highest BCUT2D eigenvalue weighted by Gasteiger charge is 2.42. The van der Waals surface area contributed by atoms with Crippen molar-refractivity contribution in [2.45, 2.75) is 50.5 Å². The predicted octanol–water partition coefficient (Wildman–Crippen LogP) is 5.51. The van der Waals surface area contributed by atoms with E-state index >= 15 is 0 Å². The maximum absolute atomic E-state index is 13.4. The van der Waals surface area contributed by atoms with E-state index in [0.29, 0.717) is 0 Å². The number of halogens is 1. The van der Waals surface area contributed by atoms with Crippen LogP contribution in [0, 0.1) is 0 Å². The van der Waals surface area contributed by atoms with E-state index in [1.54, 1.807) is 0 Å². The minimum atomic E-state index is -0.217. The number of piperidine rings is 1. The first-order chi connectivity index (χ1) is 15.2. The van der Waals surface area contributed by atoms with Crippen LogP contribution in [0.15, 0.2) is 46.9 Å². The molecule has 2 aromatic rings. The van der Waals surface area contributed by atoms with Crippen LogP contribution in [0.2, 0.25) is 0 Å². The van der Waals surface area contributed by atoms with Gasteiger partial charge in [0.25, 0.3) is 0 Å². The summed E-state index contributed by atoms with van der Waals surface area (Å²) in [5.74, 6) is 0.964. The summed E-state index contributed by atoms with van der Waals surface area (Å²) in [5.41, 5.74) is 3.49. The van der Waals surface area contributed by atoms with Crippen LogP contribution in [0.4, 0.5) is 0 Å². The lowest BCUT2D eigenvalue weighted by Crippen LogP contribution is -2.40. The molecule has 164 valence electrons. The van der Waals surface area contributed by atoms with Gasteiger partial charge in [-0.15, -0.1) is 0 Å². The quantitative estimate of drug-likeness (QED) is 0.508. The van der Waals surface area contributed by atoms with Crippen molar-refractivity contribution in [3.63, 3.8) is 0 Å². The van der Waals surface area contributed by atoms with Gasteiger partial charge in [0.1, 0.15) is 5.75 Å². The summed E-state index contributed by atoms with van der Waals surface area (Å²) in [6, 6.07) is 14.8. The summed E-state index contributed by atoms with van der Waals surface area (Å²) in [7, 11) is 0. The van der Waals surface area contributed by atoms with Gasteiger partial charge in [0.05, 0.1) is 18.6 Å². The van der Waals surface area contributed by atoms with Crippen LogP contribution < -0.4 is 4.74 Å². The number of fused-ring (bicyclic) bond motifs is 3. The second-order valence-corrected chi connectivity index (χ2v) is 9.98. The third-order valence-corrected chi connectivity index (χ3v) is 7.58. The number of rotatable bonds is 6. The van der Waals surface area contributed by atoms with Gasteiger partial charge < -0.3 is 14.5 Å². The largest absolute Gasteiger partial charge is 0.494 e. The fraction of sp³-hybridized carbons (Fsp3) is 0.500. The summed E-state index contributed by atoms with van der Waals surface area (Å²) in [4.78, 5) is 18.0. The smallest absolute Gasteiger partial charge is 0.235 e. The number of hydrogen-bond acceptors (Lipinski definition) is 3. The number of amides is 1. The molecule has 5 heteroatoms. The first kappa shape index (κ1) is 21.0. The number of likely N-dealkylation sites (tertiary alicyclic amines) is 1. The molecule has 4 nitrogen and oxygen atoms in total. The second-order valence-electron chi connectivity index (χ2n) is 9.07. The zero-order chi connectivity index (χ0) is 21.2. The molecule has 0 bridgehead atoms. The van der Waals surface area contributed by atoms with Crippen molar-refractivity contribution in [3.05, 3.63) is 63.6 Å². The van der Waals surface area contributed by atoms with Crippen LogP contribution in [0.1, 0.15) is 67.2 Å². The Labute approximate surface area is 193 Å². The molecule has 0 aliphatic carbocycles. The number of hydrogen-bond donors (Lipinski definition) is 0. The maximum atomic E-state index is 13.4. The van der Waals surface area contributed by atoms with E-state index in [4.69, 9.17) is 4.74 Å². The lowest BCUT2D eigenvalue weighted by atomic mass is 9.81. The van der Waals surface area contributed by atoms with Gasteiger partial charge in [-0.1, -0.05) is 40.5 Å². The van der Waals surface area contributed by atoms with Gasteiger partial charge in [-0.3, -0.25) is 4.79 Å². The topological polar surface area (TPSA) is 32.8 Å². The monoisotopic (exact) mass is 482 g/mol. The molecular weight excluding hydrogens is 452 g/mol. The number of ether oxygens (including phenoxy) is 1. The van der Waals surface area contributed by atoms with E-state index in [1.807, 2.05) is 12.1 Å². The molecule has 3 heterocycles. The standard InChI is InChI=1S/C26H31BrN2O2/c27-20-9-7-19(8-10-20)25-22-12-11-21(31-17-5-15-28-13-2-1-3-14-28)18-23(22)24-6-4-16-29(24)26(25)30/h7-12,18,24-25H,1-6,13-17H2/t24-,25-/m1/s1. The molecule has 2 fully saturated rings. The van der Waals surface area contributed by atoms with E-state index in [2.05, 4.69) is 56.1 Å². The lowest BCUT2D eigenvalue weighted by Gasteiger charge is -2.37. The highest BCUT2D eigenvalue weighted by Crippen LogP contribution is 2.46. The van der Waals surface area contributed by atoms with Gasteiger partial charge in [0.15, 0.2) is 0 Å². The van der Waals surface area contributed by atoms with Gasteiger partial charge in [-0.25, -0.2) is 0 Å². The van der Waals surface area contributed by atoms with E-state index in [9.17, 15) is 4.79 Å².